The molecule has 0 bridgehead atoms. The minimum absolute atomic E-state index is 0.0767. The third kappa shape index (κ3) is 7.29. The number of nitrogens with one attached hydrogen (secondary N) is 1. The first-order chi connectivity index (χ1) is 12.3. The molecule has 0 amide bonds. The van der Waals surface area contributed by atoms with E-state index in [2.05, 4.69) is 95.4 Å². The molecular formula is C25H53NO2. The van der Waals surface area contributed by atoms with E-state index in [1.165, 1.54) is 0 Å². The number of rotatable bonds is 12. The molecular weight excluding hydrogens is 346 g/mol. The van der Waals surface area contributed by atoms with E-state index < -0.39 is 0 Å². The van der Waals surface area contributed by atoms with Gasteiger partial charge < -0.3 is 14.8 Å². The van der Waals surface area contributed by atoms with E-state index in [0.29, 0.717) is 17.8 Å². The molecule has 0 heterocycles. The predicted octanol–water partition coefficient (Wildman–Crippen LogP) is 6.56. The van der Waals surface area contributed by atoms with E-state index in [0.717, 1.165) is 12.8 Å². The first kappa shape index (κ1) is 27.9. The quantitative estimate of drug-likeness (QED) is 0.403. The average Bonchev–Trinajstić information content (AvgIpc) is 2.49. The fraction of sp³-hybridized carbons (Fsp3) is 1.00. The van der Waals surface area contributed by atoms with E-state index in [1.54, 1.807) is 0 Å². The smallest absolute Gasteiger partial charge is 0.0656 e. The van der Waals surface area contributed by atoms with Crippen molar-refractivity contribution in [1.82, 2.24) is 5.32 Å². The second kappa shape index (κ2) is 9.35. The normalized spacial score (nSPS) is 17.1. The summed E-state index contributed by atoms with van der Waals surface area (Å²) in [7, 11) is 5.77. The van der Waals surface area contributed by atoms with Gasteiger partial charge in [0.15, 0.2) is 0 Å². The molecule has 0 fully saturated rings. The molecule has 0 aromatic heterocycles. The highest BCUT2D eigenvalue weighted by molar-refractivity contribution is 5.03. The largest absolute Gasteiger partial charge is 0.379 e. The Bertz CT molecular complexity index is 445. The molecule has 1 N–H and O–H groups in total. The van der Waals surface area contributed by atoms with Crippen LogP contribution in [0.4, 0.5) is 0 Å². The summed E-state index contributed by atoms with van der Waals surface area (Å²) in [6.45, 7) is 28.1. The van der Waals surface area contributed by atoms with Gasteiger partial charge in [0.2, 0.25) is 0 Å². The van der Waals surface area contributed by atoms with Crippen LogP contribution >= 0.6 is 0 Å². The monoisotopic (exact) mass is 399 g/mol. The van der Waals surface area contributed by atoms with E-state index in [4.69, 9.17) is 9.47 Å². The number of hydrogen-bond acceptors (Lipinski definition) is 3. The highest BCUT2D eigenvalue weighted by Gasteiger charge is 2.53. The molecule has 0 aliphatic carbocycles. The van der Waals surface area contributed by atoms with Crippen LogP contribution in [0.3, 0.4) is 0 Å². The lowest BCUT2D eigenvalue weighted by Crippen LogP contribution is -2.55. The summed E-state index contributed by atoms with van der Waals surface area (Å²) in [5.74, 6) is 1.39. The summed E-state index contributed by atoms with van der Waals surface area (Å²) in [5.41, 5.74) is -0.0844. The van der Waals surface area contributed by atoms with Crippen molar-refractivity contribution in [2.45, 2.75) is 113 Å². The first-order valence-corrected chi connectivity index (χ1v) is 11.1. The van der Waals surface area contributed by atoms with Crippen molar-refractivity contribution in [3.05, 3.63) is 0 Å². The highest BCUT2D eigenvalue weighted by Crippen LogP contribution is 2.56. The van der Waals surface area contributed by atoms with Crippen molar-refractivity contribution in [3.8, 4) is 0 Å². The third-order valence-electron chi connectivity index (χ3n) is 7.10. The van der Waals surface area contributed by atoms with Gasteiger partial charge in [-0.05, 0) is 90.0 Å². The van der Waals surface area contributed by atoms with Crippen molar-refractivity contribution in [3.63, 3.8) is 0 Å². The first-order valence-electron chi connectivity index (χ1n) is 11.1. The maximum Gasteiger partial charge on any atom is 0.0656 e. The van der Waals surface area contributed by atoms with Crippen molar-refractivity contribution >= 4 is 0 Å². The minimum Gasteiger partial charge on any atom is -0.379 e. The summed E-state index contributed by atoms with van der Waals surface area (Å²) in [5, 5.41) is 3.53. The minimum atomic E-state index is -0.200. The number of methoxy groups -OCH3 is 2. The fourth-order valence-corrected chi connectivity index (χ4v) is 6.37. The van der Waals surface area contributed by atoms with Gasteiger partial charge in [-0.15, -0.1) is 0 Å². The molecule has 2 atom stereocenters. The zero-order valence-corrected chi connectivity index (χ0v) is 22.0. The predicted molar refractivity (Wildman–Crippen MR) is 124 cm³/mol. The van der Waals surface area contributed by atoms with Gasteiger partial charge in [0, 0.05) is 19.8 Å². The van der Waals surface area contributed by atoms with Crippen molar-refractivity contribution in [2.24, 2.45) is 28.6 Å². The summed E-state index contributed by atoms with van der Waals surface area (Å²) in [4.78, 5) is 0. The fourth-order valence-electron chi connectivity index (χ4n) is 6.37. The summed E-state index contributed by atoms with van der Waals surface area (Å²) < 4.78 is 12.0. The Morgan fingerprint density at radius 1 is 0.714 bits per heavy atom. The highest BCUT2D eigenvalue weighted by atomic mass is 16.5. The maximum absolute atomic E-state index is 6.10. The number of ether oxygens (including phenoxy) is 2. The molecule has 0 radical (unpaired) electrons. The van der Waals surface area contributed by atoms with Gasteiger partial charge >= 0.3 is 0 Å². The second-order valence-corrected chi connectivity index (χ2v) is 12.5. The lowest BCUT2D eigenvalue weighted by molar-refractivity contribution is -0.141. The van der Waals surface area contributed by atoms with Crippen molar-refractivity contribution < 1.29 is 9.47 Å². The summed E-state index contributed by atoms with van der Waals surface area (Å²) >= 11 is 0. The SMILES string of the molecule is CNC(C)(C)CC(C)(C)C(C(C(C)C)C(C)(C)OC)C(C)(C)CC(C)(C)OC. The topological polar surface area (TPSA) is 30.5 Å². The Labute approximate surface area is 177 Å². The molecule has 170 valence electrons. The molecule has 2 unspecified atom stereocenters. The average molecular weight is 400 g/mol. The van der Waals surface area contributed by atoms with Gasteiger partial charge in [-0.25, -0.2) is 0 Å². The molecule has 0 saturated carbocycles. The Balaban J connectivity index is 6.52. The second-order valence-electron chi connectivity index (χ2n) is 12.5. The van der Waals surface area contributed by atoms with E-state index >= 15 is 0 Å². The molecule has 0 aromatic carbocycles. The maximum atomic E-state index is 6.10. The molecule has 0 aromatic rings. The Hall–Kier alpha value is -0.120. The van der Waals surface area contributed by atoms with Crippen molar-refractivity contribution in [1.29, 1.82) is 0 Å². The molecule has 3 heteroatoms. The summed E-state index contributed by atoms with van der Waals surface area (Å²) in [6, 6.07) is 0. The molecule has 28 heavy (non-hydrogen) atoms. The van der Waals surface area contributed by atoms with Crippen LogP contribution < -0.4 is 5.32 Å². The number of hydrogen-bond donors (Lipinski definition) is 1. The van der Waals surface area contributed by atoms with Crippen LogP contribution in [0.2, 0.25) is 0 Å². The zero-order chi connectivity index (χ0) is 22.8. The molecule has 0 spiro atoms. The molecule has 3 nitrogen and oxygen atoms in total. The van der Waals surface area contributed by atoms with Crippen LogP contribution in [0.5, 0.6) is 0 Å². The van der Waals surface area contributed by atoms with Crippen LogP contribution in [0.15, 0.2) is 0 Å². The third-order valence-corrected chi connectivity index (χ3v) is 7.10. The molecule has 0 rings (SSSR count). The standard InChI is InChI=1S/C25H53NO2/c1-18(2)19(25(11,12)28-15)20(21(3,4)16-23(7,8)26-13)22(5,6)17-24(9,10)27-14/h18-20,26H,16-17H2,1-15H3. The van der Waals surface area contributed by atoms with Crippen LogP contribution in [0.25, 0.3) is 0 Å². The molecule has 0 aliphatic heterocycles. The lowest BCUT2D eigenvalue weighted by Gasteiger charge is -2.56. The van der Waals surface area contributed by atoms with Gasteiger partial charge in [0.1, 0.15) is 0 Å². The van der Waals surface area contributed by atoms with Crippen LogP contribution in [-0.4, -0.2) is 38.0 Å². The Kier molecular flexibility index (Phi) is 9.31. The van der Waals surface area contributed by atoms with Gasteiger partial charge in [-0.1, -0.05) is 41.5 Å². The summed E-state index contributed by atoms with van der Waals surface area (Å²) in [6.07, 6.45) is 2.11. The van der Waals surface area contributed by atoms with Gasteiger partial charge in [-0.2, -0.15) is 0 Å². The molecule has 0 saturated heterocycles. The van der Waals surface area contributed by atoms with E-state index in [1.807, 2.05) is 14.2 Å². The van der Waals surface area contributed by atoms with Crippen LogP contribution in [-0.2, 0) is 9.47 Å². The zero-order valence-electron chi connectivity index (χ0n) is 22.0. The van der Waals surface area contributed by atoms with Crippen LogP contribution in [0.1, 0.15) is 95.9 Å². The Morgan fingerprint density at radius 3 is 1.46 bits per heavy atom. The molecule has 0 aliphatic rings. The van der Waals surface area contributed by atoms with Crippen LogP contribution in [0, 0.1) is 28.6 Å². The van der Waals surface area contributed by atoms with E-state index in [9.17, 15) is 0 Å². The van der Waals surface area contributed by atoms with Crippen molar-refractivity contribution in [2.75, 3.05) is 21.3 Å². The van der Waals surface area contributed by atoms with Gasteiger partial charge in [0.05, 0.1) is 11.2 Å². The lowest BCUT2D eigenvalue weighted by atomic mass is 9.51. The van der Waals surface area contributed by atoms with Gasteiger partial charge in [-0.3, -0.25) is 0 Å². The van der Waals surface area contributed by atoms with E-state index in [-0.39, 0.29) is 27.6 Å². The Morgan fingerprint density at radius 2 is 1.14 bits per heavy atom. The van der Waals surface area contributed by atoms with Gasteiger partial charge in [0.25, 0.3) is 0 Å².